The van der Waals surface area contributed by atoms with Crippen LogP contribution in [0, 0.1) is 0 Å². The van der Waals surface area contributed by atoms with Crippen molar-refractivity contribution in [2.24, 2.45) is 0 Å². The smallest absolute Gasteiger partial charge is 0.162 e. The van der Waals surface area contributed by atoms with E-state index in [4.69, 9.17) is 29.9 Å². The number of hydrogen-bond donors (Lipinski definition) is 0. The molecule has 0 amide bonds. The van der Waals surface area contributed by atoms with E-state index in [9.17, 15) is 0 Å². The summed E-state index contributed by atoms with van der Waals surface area (Å²) >= 11 is 0. The summed E-state index contributed by atoms with van der Waals surface area (Å²) in [4.78, 5) is 32.0. The summed E-state index contributed by atoms with van der Waals surface area (Å²) < 4.78 is 14.1. The maximum absolute atomic E-state index is 5.55. The maximum Gasteiger partial charge on any atom is 0.162 e. The first-order valence-electron chi connectivity index (χ1n) is 49.6. The van der Waals surface area contributed by atoms with Gasteiger partial charge in [-0.1, -0.05) is 309 Å². The zero-order valence-corrected chi connectivity index (χ0v) is 78.7. The summed E-state index contributed by atoms with van der Waals surface area (Å²) in [6, 6.07) is 177. The molecular weight excluding hydrogens is 1780 g/mol. The molecule has 0 unspecified atom stereocenters. The third kappa shape index (κ3) is 13.0. The van der Waals surface area contributed by atoms with Gasteiger partial charge < -0.3 is 13.7 Å². The van der Waals surface area contributed by atoms with Crippen molar-refractivity contribution in [1.82, 2.24) is 57.3 Å². The average molecular weight is 1860 g/mol. The van der Waals surface area contributed by atoms with Crippen molar-refractivity contribution in [3.05, 3.63) is 497 Å². The van der Waals surface area contributed by atoms with Crippen LogP contribution in [0.5, 0.6) is 0 Å². The highest BCUT2D eigenvalue weighted by Gasteiger charge is 2.28. The molecule has 0 saturated carbocycles. The van der Waals surface area contributed by atoms with Gasteiger partial charge in [0.1, 0.15) is 17.5 Å². The van der Waals surface area contributed by atoms with E-state index in [0.717, 1.165) is 139 Å². The monoisotopic (exact) mass is 1860 g/mol. The second-order valence-corrected chi connectivity index (χ2v) is 38.0. The fraction of sp³-hybridized carbons (Fsp3) is 0. The minimum atomic E-state index is 0.702. The van der Waals surface area contributed by atoms with Crippen LogP contribution in [0.4, 0.5) is 0 Å². The van der Waals surface area contributed by atoms with Gasteiger partial charge in [0.05, 0.1) is 82.8 Å². The lowest BCUT2D eigenvalue weighted by atomic mass is 9.98. The van der Waals surface area contributed by atoms with Crippen LogP contribution in [0.15, 0.2) is 497 Å². The van der Waals surface area contributed by atoms with E-state index in [2.05, 4.69) is 525 Å². The molecular formula is C134H82N12. The lowest BCUT2D eigenvalue weighted by molar-refractivity contribution is 1.08. The standard InChI is InChI=1S/2C46H28N4.C42H26N4/c1-2-12-30-25-34(23-21-29(30)11-1)49-41-19-9-6-15-35(41)38-27-33(22-24-43(38)49)45-47-40-18-8-5-17-37(40)46(48-45)50-42-20-10-7-16-36(42)39-26-31-13-3-4-14-32(31)28-44(39)50;1-2-16-31(17-3-1)49-41-25-13-10-22-36(41)44-34-20-7-6-18-32(34)38(28-43(44)49)45-47-39-23-11-8-21-35(39)46(48-45)50-40-24-12-9-19-33(40)37-26-29-14-4-5-15-30(29)27-42(37)50;1-2-14-30(15-3-1)45-37-20-10-7-16-31(37)34-25-29(22-23-39(34)45)41-43-36-19-9-6-18-33(36)42(44-41)46-38-21-11-8-17-32(38)35-24-27-12-4-5-13-28(27)26-40(35)46/h2*1-28H;1-26H. The Labute approximate surface area is 835 Å². The Bertz CT molecular complexity index is 11100. The summed E-state index contributed by atoms with van der Waals surface area (Å²) in [5, 5.41) is 29.6. The van der Waals surface area contributed by atoms with Gasteiger partial charge in [-0.3, -0.25) is 13.7 Å². The van der Waals surface area contributed by atoms with Gasteiger partial charge in [0, 0.05) is 115 Å². The first-order valence-corrected chi connectivity index (χ1v) is 49.6. The molecule has 23 aromatic carbocycles. The molecule has 9 aromatic heterocycles. The summed E-state index contributed by atoms with van der Waals surface area (Å²) in [6.07, 6.45) is 0. The normalized spacial score (nSPS) is 12.0. The number of rotatable bonds is 9. The van der Waals surface area contributed by atoms with Crippen molar-refractivity contribution in [2.45, 2.75) is 0 Å². The molecule has 0 spiro atoms. The zero-order valence-electron chi connectivity index (χ0n) is 78.7. The third-order valence-corrected chi connectivity index (χ3v) is 29.8. The van der Waals surface area contributed by atoms with Crippen LogP contribution < -0.4 is 0 Å². The van der Waals surface area contributed by atoms with Gasteiger partial charge in [-0.15, -0.1) is 0 Å². The first-order chi connectivity index (χ1) is 72.4. The molecule has 0 saturated heterocycles. The Balaban J connectivity index is 0.000000102. The Hall–Kier alpha value is -19.8. The molecule has 12 nitrogen and oxygen atoms in total. The Morgan fingerprint density at radius 3 is 0.808 bits per heavy atom. The molecule has 12 heteroatoms. The van der Waals surface area contributed by atoms with Crippen molar-refractivity contribution >= 4 is 217 Å². The van der Waals surface area contributed by atoms with Gasteiger partial charge in [-0.05, 0) is 242 Å². The maximum atomic E-state index is 5.55. The number of para-hydroxylation sites is 11. The van der Waals surface area contributed by atoms with E-state index in [1.165, 1.54) is 130 Å². The molecule has 0 N–H and O–H groups in total. The minimum Gasteiger partial charge on any atom is -0.309 e. The lowest BCUT2D eigenvalue weighted by Crippen LogP contribution is -2.03. The topological polar surface area (TPSA) is 107 Å². The molecule has 0 radical (unpaired) electrons. The number of fused-ring (bicyclic) bond motifs is 27. The second-order valence-electron chi connectivity index (χ2n) is 38.0. The molecule has 0 atom stereocenters. The molecule has 0 aliphatic carbocycles. The summed E-state index contributed by atoms with van der Waals surface area (Å²) in [6.45, 7) is 0. The van der Waals surface area contributed by atoms with Gasteiger partial charge in [-0.2, -0.15) is 0 Å². The fourth-order valence-corrected chi connectivity index (χ4v) is 23.3. The Kier molecular flexibility index (Phi) is 18.5. The van der Waals surface area contributed by atoms with Gasteiger partial charge in [0.15, 0.2) is 17.5 Å². The Morgan fingerprint density at radius 2 is 0.404 bits per heavy atom. The number of aromatic nitrogens is 12. The molecule has 0 bridgehead atoms. The van der Waals surface area contributed by atoms with Crippen LogP contribution in [-0.2, 0) is 0 Å². The van der Waals surface area contributed by atoms with Crippen molar-refractivity contribution in [3.8, 4) is 68.7 Å². The molecule has 0 fully saturated rings. The van der Waals surface area contributed by atoms with E-state index in [-0.39, 0.29) is 0 Å². The van der Waals surface area contributed by atoms with Crippen LogP contribution in [0.25, 0.3) is 286 Å². The molecule has 9 heterocycles. The van der Waals surface area contributed by atoms with E-state index in [1.807, 2.05) is 0 Å². The summed E-state index contributed by atoms with van der Waals surface area (Å²) in [5.74, 6) is 4.75. The highest BCUT2D eigenvalue weighted by Crippen LogP contribution is 2.47. The third-order valence-electron chi connectivity index (χ3n) is 29.8. The quantitative estimate of drug-likeness (QED) is 0.142. The summed E-state index contributed by atoms with van der Waals surface area (Å²) in [7, 11) is 0. The largest absolute Gasteiger partial charge is 0.309 e. The van der Waals surface area contributed by atoms with Crippen molar-refractivity contribution in [1.29, 1.82) is 0 Å². The van der Waals surface area contributed by atoms with Crippen LogP contribution in [0.3, 0.4) is 0 Å². The second kappa shape index (κ2) is 32.9. The van der Waals surface area contributed by atoms with E-state index in [0.29, 0.717) is 17.5 Å². The number of hydrogen-bond acceptors (Lipinski definition) is 6. The van der Waals surface area contributed by atoms with Crippen LogP contribution >= 0.6 is 0 Å². The predicted molar refractivity (Wildman–Crippen MR) is 608 cm³/mol. The predicted octanol–water partition coefficient (Wildman–Crippen LogP) is 34.2. The van der Waals surface area contributed by atoms with Crippen LogP contribution in [0.1, 0.15) is 0 Å². The molecule has 32 rings (SSSR count). The summed E-state index contributed by atoms with van der Waals surface area (Å²) in [5.41, 5.74) is 22.9. The van der Waals surface area contributed by atoms with Gasteiger partial charge in [-0.25, -0.2) is 29.9 Å². The first kappa shape index (κ1) is 82.1. The average Bonchev–Trinajstić information content (AvgIpc) is 1.56. The molecule has 146 heavy (non-hydrogen) atoms. The van der Waals surface area contributed by atoms with Crippen LogP contribution in [0.2, 0.25) is 0 Å². The van der Waals surface area contributed by atoms with Gasteiger partial charge in [0.2, 0.25) is 0 Å². The molecule has 678 valence electrons. The van der Waals surface area contributed by atoms with Crippen molar-refractivity contribution in [3.63, 3.8) is 0 Å². The number of benzene rings is 23. The van der Waals surface area contributed by atoms with E-state index >= 15 is 0 Å². The van der Waals surface area contributed by atoms with Gasteiger partial charge in [0.25, 0.3) is 0 Å². The highest BCUT2D eigenvalue weighted by atomic mass is 15.1. The highest BCUT2D eigenvalue weighted by molar-refractivity contribution is 6.25. The zero-order chi connectivity index (χ0) is 95.7. The van der Waals surface area contributed by atoms with Crippen molar-refractivity contribution < 1.29 is 0 Å². The van der Waals surface area contributed by atoms with Crippen LogP contribution in [-0.4, -0.2) is 57.3 Å². The molecule has 32 aromatic rings. The Morgan fingerprint density at radius 1 is 0.130 bits per heavy atom. The minimum absolute atomic E-state index is 0.702. The number of nitrogens with zero attached hydrogens (tertiary/aromatic N) is 12. The van der Waals surface area contributed by atoms with E-state index < -0.39 is 0 Å². The van der Waals surface area contributed by atoms with Crippen molar-refractivity contribution in [2.75, 3.05) is 0 Å². The van der Waals surface area contributed by atoms with Gasteiger partial charge >= 0.3 is 0 Å². The molecule has 0 aliphatic rings. The lowest BCUT2D eigenvalue weighted by Gasteiger charge is -2.15. The van der Waals surface area contributed by atoms with E-state index in [1.54, 1.807) is 0 Å². The SMILES string of the molecule is c1ccc(-n2c3ccccc3c3c4ccccc4c(-c4nc(-n5c6ccccc6c6cc7ccccc7cc65)c5ccccc5n4)cc32)cc1.c1ccc(-n2c3ccccc3c3cc(-c4nc(-n5c6ccccc6c6cc7ccccc7cc65)c5ccccc5n4)ccc32)cc1.c1ccc2cc(-n3c4ccccc4c4cc(-c5nc(-n6c7ccccc7c7cc8ccccc8cc76)c6ccccc6n5)ccc43)ccc2c1. The fourth-order valence-electron chi connectivity index (χ4n) is 23.3. The molecule has 0 aliphatic heterocycles.